The van der Waals surface area contributed by atoms with Crippen LogP contribution in [-0.2, 0) is 6.54 Å². The molecule has 0 unspecified atom stereocenters. The minimum Gasteiger partial charge on any atom is -0.502 e. The average Bonchev–Trinajstić information content (AvgIpc) is 2.39. The normalized spacial score (nSPS) is 10.1. The zero-order valence-corrected chi connectivity index (χ0v) is 10.0. The van der Waals surface area contributed by atoms with E-state index in [1.165, 1.54) is 12.1 Å². The molecule has 19 heavy (non-hydrogen) atoms. The van der Waals surface area contributed by atoms with Crippen molar-refractivity contribution in [1.82, 2.24) is 5.43 Å². The van der Waals surface area contributed by atoms with Crippen molar-refractivity contribution in [3.05, 3.63) is 64.2 Å². The number of hydrazine groups is 1. The van der Waals surface area contributed by atoms with Crippen molar-refractivity contribution in [3.8, 4) is 5.75 Å². The number of hydrogen-bond acceptors (Lipinski definition) is 5. The van der Waals surface area contributed by atoms with Gasteiger partial charge in [-0.2, -0.15) is 0 Å². The van der Waals surface area contributed by atoms with Crippen molar-refractivity contribution in [2.24, 2.45) is 0 Å². The second-order valence-corrected chi connectivity index (χ2v) is 3.92. The third-order valence-electron chi connectivity index (χ3n) is 2.54. The molecule has 0 amide bonds. The molecule has 98 valence electrons. The summed E-state index contributed by atoms with van der Waals surface area (Å²) in [5.74, 6) is -0.330. The predicted octanol–water partition coefficient (Wildman–Crippen LogP) is 2.42. The largest absolute Gasteiger partial charge is 0.502 e. The molecule has 0 atom stereocenters. The molecular formula is C13H13N3O3. The number of nitrogens with zero attached hydrogens (tertiary/aromatic N) is 1. The van der Waals surface area contributed by atoms with Gasteiger partial charge < -0.3 is 10.5 Å². The van der Waals surface area contributed by atoms with Crippen molar-refractivity contribution in [2.75, 3.05) is 5.43 Å². The quantitative estimate of drug-likeness (QED) is 0.567. The Hall–Kier alpha value is -2.60. The number of nitro groups is 1. The standard InChI is InChI=1S/C13H13N3O3/c17-13-8-10(6-7-12(13)16(18)19)9-14-15-11-4-2-1-3-5-11/h1-8,14-15,17H,9H2. The third-order valence-corrected chi connectivity index (χ3v) is 2.54. The van der Waals surface area contributed by atoms with Crippen molar-refractivity contribution in [1.29, 1.82) is 0 Å². The van der Waals surface area contributed by atoms with Crippen LogP contribution in [0, 0.1) is 10.1 Å². The van der Waals surface area contributed by atoms with Gasteiger partial charge in [0.25, 0.3) is 0 Å². The van der Waals surface area contributed by atoms with Gasteiger partial charge in [-0.1, -0.05) is 24.3 Å². The van der Waals surface area contributed by atoms with Gasteiger partial charge in [-0.05, 0) is 23.8 Å². The number of rotatable bonds is 5. The minimum absolute atomic E-state index is 0.292. The molecule has 2 aromatic carbocycles. The van der Waals surface area contributed by atoms with Crippen molar-refractivity contribution in [3.63, 3.8) is 0 Å². The van der Waals surface area contributed by atoms with Crippen LogP contribution in [0.1, 0.15) is 5.56 Å². The highest BCUT2D eigenvalue weighted by Gasteiger charge is 2.12. The molecule has 0 aliphatic rings. The molecule has 6 nitrogen and oxygen atoms in total. The molecule has 2 rings (SSSR count). The van der Waals surface area contributed by atoms with Gasteiger partial charge in [0.2, 0.25) is 0 Å². The Morgan fingerprint density at radius 1 is 1.16 bits per heavy atom. The zero-order chi connectivity index (χ0) is 13.7. The van der Waals surface area contributed by atoms with Crippen LogP contribution >= 0.6 is 0 Å². The number of hydrogen-bond donors (Lipinski definition) is 3. The molecule has 3 N–H and O–H groups in total. The Morgan fingerprint density at radius 2 is 1.89 bits per heavy atom. The summed E-state index contributed by atoms with van der Waals surface area (Å²) in [7, 11) is 0. The second kappa shape index (κ2) is 5.83. The number of phenolic OH excluding ortho intramolecular Hbond substituents is 1. The first kappa shape index (κ1) is 12.8. The molecule has 0 fully saturated rings. The Labute approximate surface area is 109 Å². The van der Waals surface area contributed by atoms with Crippen LogP contribution in [0.15, 0.2) is 48.5 Å². The van der Waals surface area contributed by atoms with E-state index in [1.54, 1.807) is 6.07 Å². The fourth-order valence-electron chi connectivity index (χ4n) is 1.60. The first-order chi connectivity index (χ1) is 9.16. The van der Waals surface area contributed by atoms with E-state index in [1.807, 2.05) is 30.3 Å². The van der Waals surface area contributed by atoms with Gasteiger partial charge in [0.1, 0.15) is 0 Å². The highest BCUT2D eigenvalue weighted by molar-refractivity contribution is 5.47. The highest BCUT2D eigenvalue weighted by Crippen LogP contribution is 2.26. The molecule has 0 aromatic heterocycles. The molecule has 0 aliphatic heterocycles. The van der Waals surface area contributed by atoms with E-state index in [0.717, 1.165) is 11.3 Å². The fourth-order valence-corrected chi connectivity index (χ4v) is 1.60. The van der Waals surface area contributed by atoms with Crippen LogP contribution in [0.4, 0.5) is 11.4 Å². The summed E-state index contributed by atoms with van der Waals surface area (Å²) >= 11 is 0. The SMILES string of the molecule is O=[N+]([O-])c1ccc(CNNc2ccccc2)cc1O. The molecule has 0 aliphatic carbocycles. The number of benzene rings is 2. The Kier molecular flexibility index (Phi) is 3.94. The number of nitrogens with one attached hydrogen (secondary N) is 2. The van der Waals surface area contributed by atoms with Gasteiger partial charge in [0.05, 0.1) is 4.92 Å². The van der Waals surface area contributed by atoms with Crippen molar-refractivity contribution >= 4 is 11.4 Å². The van der Waals surface area contributed by atoms with Crippen LogP contribution in [0.5, 0.6) is 5.75 Å². The van der Waals surface area contributed by atoms with E-state index in [-0.39, 0.29) is 11.4 Å². The van der Waals surface area contributed by atoms with E-state index in [2.05, 4.69) is 10.9 Å². The van der Waals surface area contributed by atoms with Crippen molar-refractivity contribution < 1.29 is 10.0 Å². The summed E-state index contributed by atoms with van der Waals surface area (Å²) in [6, 6.07) is 13.8. The van der Waals surface area contributed by atoms with Crippen LogP contribution < -0.4 is 10.9 Å². The third kappa shape index (κ3) is 3.43. The number of aromatic hydroxyl groups is 1. The van der Waals surface area contributed by atoms with Crippen LogP contribution in [0.25, 0.3) is 0 Å². The molecule has 6 heteroatoms. The Balaban J connectivity index is 1.93. The van der Waals surface area contributed by atoms with Gasteiger partial charge in [-0.3, -0.25) is 10.1 Å². The van der Waals surface area contributed by atoms with Gasteiger partial charge in [-0.15, -0.1) is 0 Å². The maximum Gasteiger partial charge on any atom is 0.310 e. The maximum atomic E-state index is 10.5. The monoisotopic (exact) mass is 259 g/mol. The molecule has 0 radical (unpaired) electrons. The molecule has 0 bridgehead atoms. The van der Waals surface area contributed by atoms with E-state index >= 15 is 0 Å². The summed E-state index contributed by atoms with van der Waals surface area (Å²) in [6.45, 7) is 0.431. The smallest absolute Gasteiger partial charge is 0.310 e. The molecule has 2 aromatic rings. The maximum absolute atomic E-state index is 10.5. The van der Waals surface area contributed by atoms with Gasteiger partial charge in [0.15, 0.2) is 5.75 Å². The number of para-hydroxylation sites is 1. The first-order valence-electron chi connectivity index (χ1n) is 5.67. The highest BCUT2D eigenvalue weighted by atomic mass is 16.6. The predicted molar refractivity (Wildman–Crippen MR) is 71.7 cm³/mol. The summed E-state index contributed by atoms with van der Waals surface area (Å²) in [4.78, 5) is 9.93. The molecule has 0 spiro atoms. The summed E-state index contributed by atoms with van der Waals surface area (Å²) in [5, 5.41) is 20.0. The number of nitro benzene ring substituents is 1. The Morgan fingerprint density at radius 3 is 2.53 bits per heavy atom. The minimum atomic E-state index is -0.616. The van der Waals surface area contributed by atoms with Gasteiger partial charge in [0, 0.05) is 18.3 Å². The summed E-state index contributed by atoms with van der Waals surface area (Å²) < 4.78 is 0. The fraction of sp³-hybridized carbons (Fsp3) is 0.0769. The average molecular weight is 259 g/mol. The zero-order valence-electron chi connectivity index (χ0n) is 10.0. The van der Waals surface area contributed by atoms with E-state index in [0.29, 0.717) is 6.54 Å². The Bertz CT molecular complexity index is 573. The summed E-state index contributed by atoms with van der Waals surface area (Å²) in [5.41, 5.74) is 7.31. The number of phenols is 1. The van der Waals surface area contributed by atoms with Crippen LogP contribution in [0.3, 0.4) is 0 Å². The lowest BCUT2D eigenvalue weighted by molar-refractivity contribution is -0.385. The van der Waals surface area contributed by atoms with E-state index in [4.69, 9.17) is 0 Å². The summed E-state index contributed by atoms with van der Waals surface area (Å²) in [6.07, 6.45) is 0. The number of anilines is 1. The van der Waals surface area contributed by atoms with Gasteiger partial charge in [-0.25, -0.2) is 5.43 Å². The van der Waals surface area contributed by atoms with Crippen LogP contribution in [0.2, 0.25) is 0 Å². The molecule has 0 saturated carbocycles. The molecule has 0 saturated heterocycles. The second-order valence-electron chi connectivity index (χ2n) is 3.92. The van der Waals surface area contributed by atoms with E-state index < -0.39 is 4.92 Å². The molecular weight excluding hydrogens is 246 g/mol. The first-order valence-corrected chi connectivity index (χ1v) is 5.67. The lowest BCUT2D eigenvalue weighted by Gasteiger charge is -2.08. The lowest BCUT2D eigenvalue weighted by atomic mass is 10.2. The van der Waals surface area contributed by atoms with Gasteiger partial charge >= 0.3 is 5.69 Å². The lowest BCUT2D eigenvalue weighted by Crippen LogP contribution is -2.20. The molecule has 0 heterocycles. The topological polar surface area (TPSA) is 87.4 Å². The van der Waals surface area contributed by atoms with E-state index in [9.17, 15) is 15.2 Å². The van der Waals surface area contributed by atoms with Crippen molar-refractivity contribution in [2.45, 2.75) is 6.54 Å². The van der Waals surface area contributed by atoms with Crippen LogP contribution in [-0.4, -0.2) is 10.0 Å².